The van der Waals surface area contributed by atoms with E-state index in [-0.39, 0.29) is 24.1 Å². The molecule has 1 aliphatic heterocycles. The summed E-state index contributed by atoms with van der Waals surface area (Å²) >= 11 is 1.62. The van der Waals surface area contributed by atoms with Crippen molar-refractivity contribution in [3.8, 4) is 0 Å². The number of amides is 1. The number of hydrogen-bond donors (Lipinski definition) is 0. The minimum absolute atomic E-state index is 0.00976. The minimum Gasteiger partial charge on any atom is -0.333 e. The number of para-hydroxylation sites is 1. The molecule has 0 radical (unpaired) electrons. The smallest absolute Gasteiger partial charge is 0.224 e. The molecule has 5 nitrogen and oxygen atoms in total. The van der Waals surface area contributed by atoms with Crippen LogP contribution in [0.4, 0.5) is 0 Å². The van der Waals surface area contributed by atoms with E-state index < -0.39 is 9.84 Å². The van der Waals surface area contributed by atoms with Gasteiger partial charge in [-0.05, 0) is 25.0 Å². The maximum Gasteiger partial charge on any atom is 0.224 e. The molecule has 1 aromatic heterocycles. The van der Waals surface area contributed by atoms with Crippen molar-refractivity contribution in [2.24, 2.45) is 0 Å². The second kappa shape index (κ2) is 5.96. The Hall–Kier alpha value is -1.47. The largest absolute Gasteiger partial charge is 0.333 e. The van der Waals surface area contributed by atoms with Gasteiger partial charge in [-0.25, -0.2) is 13.4 Å². The number of carbonyl (C=O) groups is 1. The summed E-state index contributed by atoms with van der Waals surface area (Å²) in [5.74, 6) is -0.179. The molecular formula is C15H18N2O3S2. The van der Waals surface area contributed by atoms with Crippen LogP contribution in [0.3, 0.4) is 0 Å². The van der Waals surface area contributed by atoms with Gasteiger partial charge in [0.15, 0.2) is 0 Å². The summed E-state index contributed by atoms with van der Waals surface area (Å²) in [6.45, 7) is 0.684. The van der Waals surface area contributed by atoms with Crippen molar-refractivity contribution in [3.05, 3.63) is 29.3 Å². The van der Waals surface area contributed by atoms with Crippen LogP contribution in [0.15, 0.2) is 24.3 Å². The van der Waals surface area contributed by atoms with Gasteiger partial charge in [-0.15, -0.1) is 11.3 Å². The number of sulfone groups is 1. The summed E-state index contributed by atoms with van der Waals surface area (Å²) in [5.41, 5.74) is 0.956. The highest BCUT2D eigenvalue weighted by atomic mass is 32.2. The Morgan fingerprint density at radius 2 is 2.18 bits per heavy atom. The number of benzene rings is 1. The molecule has 7 heteroatoms. The topological polar surface area (TPSA) is 67.3 Å². The Morgan fingerprint density at radius 1 is 1.41 bits per heavy atom. The molecule has 2 aromatic rings. The SMILES string of the molecule is CS(=O)(=O)CCC(=O)N1CCCC1c1nc2ccccc2s1. The standard InChI is InChI=1S/C15H18N2O3S2/c1-22(19,20)10-8-14(18)17-9-4-6-12(17)15-16-11-5-2-3-7-13(11)21-15/h2-3,5,7,12H,4,6,8-10H2,1H3. The van der Waals surface area contributed by atoms with Gasteiger partial charge in [0.2, 0.25) is 5.91 Å². The van der Waals surface area contributed by atoms with Gasteiger partial charge < -0.3 is 4.90 Å². The first-order valence-corrected chi connectivity index (χ1v) is 10.1. The Labute approximate surface area is 133 Å². The van der Waals surface area contributed by atoms with E-state index >= 15 is 0 Å². The lowest BCUT2D eigenvalue weighted by Gasteiger charge is -2.23. The van der Waals surface area contributed by atoms with Crippen molar-refractivity contribution in [2.75, 3.05) is 18.6 Å². The van der Waals surface area contributed by atoms with Crippen molar-refractivity contribution >= 4 is 37.3 Å². The Balaban J connectivity index is 1.79. The van der Waals surface area contributed by atoms with E-state index in [1.165, 1.54) is 0 Å². The van der Waals surface area contributed by atoms with Crippen LogP contribution >= 0.6 is 11.3 Å². The molecule has 22 heavy (non-hydrogen) atoms. The van der Waals surface area contributed by atoms with E-state index in [1.807, 2.05) is 24.3 Å². The molecule has 0 N–H and O–H groups in total. The lowest BCUT2D eigenvalue weighted by molar-refractivity contribution is -0.131. The van der Waals surface area contributed by atoms with Crippen molar-refractivity contribution in [2.45, 2.75) is 25.3 Å². The monoisotopic (exact) mass is 338 g/mol. The Bertz CT molecular complexity index is 765. The molecule has 1 atom stereocenters. The predicted octanol–water partition coefficient (Wildman–Crippen LogP) is 2.39. The molecule has 1 unspecified atom stereocenters. The van der Waals surface area contributed by atoms with Gasteiger partial charge >= 0.3 is 0 Å². The maximum absolute atomic E-state index is 12.3. The van der Waals surface area contributed by atoms with Crippen LogP contribution in [0.1, 0.15) is 30.3 Å². The summed E-state index contributed by atoms with van der Waals surface area (Å²) in [7, 11) is -3.11. The average molecular weight is 338 g/mol. The quantitative estimate of drug-likeness (QED) is 0.858. The van der Waals surface area contributed by atoms with Crippen LogP contribution in [-0.2, 0) is 14.6 Å². The van der Waals surface area contributed by atoms with Gasteiger partial charge in [0, 0.05) is 19.2 Å². The number of likely N-dealkylation sites (tertiary alicyclic amines) is 1. The number of rotatable bonds is 4. The van der Waals surface area contributed by atoms with Gasteiger partial charge in [0.25, 0.3) is 0 Å². The molecule has 1 aliphatic rings. The number of fused-ring (bicyclic) bond motifs is 1. The minimum atomic E-state index is -3.11. The highest BCUT2D eigenvalue weighted by molar-refractivity contribution is 7.90. The number of thiazole rings is 1. The van der Waals surface area contributed by atoms with Gasteiger partial charge in [-0.2, -0.15) is 0 Å². The third-order valence-electron chi connectivity index (χ3n) is 3.86. The normalized spacial score (nSPS) is 19.0. The zero-order chi connectivity index (χ0) is 15.7. The van der Waals surface area contributed by atoms with Crippen molar-refractivity contribution in [1.29, 1.82) is 0 Å². The predicted molar refractivity (Wildman–Crippen MR) is 87.6 cm³/mol. The highest BCUT2D eigenvalue weighted by Crippen LogP contribution is 2.36. The average Bonchev–Trinajstić information content (AvgIpc) is 3.09. The van der Waals surface area contributed by atoms with Crippen LogP contribution in [0, 0.1) is 0 Å². The number of aromatic nitrogens is 1. The second-order valence-electron chi connectivity index (χ2n) is 5.64. The van der Waals surface area contributed by atoms with Gasteiger partial charge in [0.05, 0.1) is 22.0 Å². The molecule has 0 aliphatic carbocycles. The van der Waals surface area contributed by atoms with E-state index in [1.54, 1.807) is 16.2 Å². The molecule has 1 fully saturated rings. The third-order valence-corrected chi connectivity index (χ3v) is 5.94. The van der Waals surface area contributed by atoms with E-state index in [0.29, 0.717) is 6.54 Å². The molecule has 2 heterocycles. The first-order chi connectivity index (χ1) is 10.4. The zero-order valence-electron chi connectivity index (χ0n) is 12.4. The maximum atomic E-state index is 12.3. The first-order valence-electron chi connectivity index (χ1n) is 7.27. The fraction of sp³-hybridized carbons (Fsp3) is 0.467. The van der Waals surface area contributed by atoms with Gasteiger partial charge in [-0.3, -0.25) is 4.79 Å². The molecule has 0 saturated carbocycles. The molecule has 1 aromatic carbocycles. The molecule has 1 saturated heterocycles. The number of nitrogens with zero attached hydrogens (tertiary/aromatic N) is 2. The van der Waals surface area contributed by atoms with Gasteiger partial charge in [-0.1, -0.05) is 12.1 Å². The fourth-order valence-electron chi connectivity index (χ4n) is 2.77. The molecule has 0 bridgehead atoms. The molecule has 3 rings (SSSR count). The number of hydrogen-bond acceptors (Lipinski definition) is 5. The summed E-state index contributed by atoms with van der Waals surface area (Å²) in [4.78, 5) is 18.8. The molecule has 118 valence electrons. The van der Waals surface area contributed by atoms with Crippen LogP contribution in [-0.4, -0.2) is 42.8 Å². The van der Waals surface area contributed by atoms with Crippen LogP contribution in [0.25, 0.3) is 10.2 Å². The molecule has 0 spiro atoms. The van der Waals surface area contributed by atoms with E-state index in [2.05, 4.69) is 4.98 Å². The fourth-order valence-corrected chi connectivity index (χ4v) is 4.43. The van der Waals surface area contributed by atoms with E-state index in [4.69, 9.17) is 0 Å². The highest BCUT2D eigenvalue weighted by Gasteiger charge is 2.32. The zero-order valence-corrected chi connectivity index (χ0v) is 14.0. The van der Waals surface area contributed by atoms with Crippen molar-refractivity contribution in [1.82, 2.24) is 9.88 Å². The van der Waals surface area contributed by atoms with Crippen LogP contribution < -0.4 is 0 Å². The van der Waals surface area contributed by atoms with Crippen molar-refractivity contribution in [3.63, 3.8) is 0 Å². The Morgan fingerprint density at radius 3 is 2.91 bits per heavy atom. The first kappa shape index (κ1) is 15.4. The summed E-state index contributed by atoms with van der Waals surface area (Å²) < 4.78 is 23.6. The molecular weight excluding hydrogens is 320 g/mol. The summed E-state index contributed by atoms with van der Waals surface area (Å²) in [5, 5.41) is 0.950. The number of carbonyl (C=O) groups excluding carboxylic acids is 1. The van der Waals surface area contributed by atoms with E-state index in [0.717, 1.165) is 34.3 Å². The van der Waals surface area contributed by atoms with Crippen LogP contribution in [0.2, 0.25) is 0 Å². The second-order valence-corrected chi connectivity index (χ2v) is 8.97. The summed E-state index contributed by atoms with van der Waals surface area (Å²) in [6, 6.07) is 7.93. The van der Waals surface area contributed by atoms with Gasteiger partial charge in [0.1, 0.15) is 14.8 Å². The van der Waals surface area contributed by atoms with E-state index in [9.17, 15) is 13.2 Å². The molecule has 1 amide bonds. The van der Waals surface area contributed by atoms with Crippen molar-refractivity contribution < 1.29 is 13.2 Å². The lowest BCUT2D eigenvalue weighted by atomic mass is 10.2. The third kappa shape index (κ3) is 3.30. The Kier molecular flexibility index (Phi) is 4.18. The lowest BCUT2D eigenvalue weighted by Crippen LogP contribution is -2.31. The summed E-state index contributed by atoms with van der Waals surface area (Å²) in [6.07, 6.45) is 3.05. The van der Waals surface area contributed by atoms with Crippen LogP contribution in [0.5, 0.6) is 0 Å².